The molecule has 3 saturated heterocycles. The molecule has 1 aromatic heterocycles. The van der Waals surface area contributed by atoms with E-state index in [1.54, 1.807) is 6.07 Å². The molecule has 16 atom stereocenters. The normalized spacial score (nSPS) is 44.3. The van der Waals surface area contributed by atoms with Gasteiger partial charge in [-0.05, 0) is 73.1 Å². The Bertz CT molecular complexity index is 1440. The molecule has 0 amide bonds. The molecule has 12 heteroatoms. The second kappa shape index (κ2) is 13.7. The van der Waals surface area contributed by atoms with Crippen LogP contribution in [0.3, 0.4) is 0 Å². The molecule has 4 aliphatic heterocycles. The Morgan fingerprint density at radius 2 is 1.67 bits per heavy atom. The molecule has 5 fully saturated rings. The van der Waals surface area contributed by atoms with Crippen LogP contribution in [-0.4, -0.2) is 133 Å². The molecule has 48 heavy (non-hydrogen) atoms. The summed E-state index contributed by atoms with van der Waals surface area (Å²) in [6.07, 6.45) is -4.13. The Kier molecular flexibility index (Phi) is 9.88. The molecule has 0 radical (unpaired) electrons. The van der Waals surface area contributed by atoms with Gasteiger partial charge in [0.15, 0.2) is 0 Å². The monoisotopic (exact) mass is 674 g/mol. The van der Waals surface area contributed by atoms with E-state index in [1.165, 1.54) is 11.3 Å². The number of rotatable bonds is 8. The number of aliphatic hydroxyl groups excluding tert-OH is 8. The minimum absolute atomic E-state index is 0.102. The zero-order chi connectivity index (χ0) is 34.0. The van der Waals surface area contributed by atoms with Gasteiger partial charge in [-0.2, -0.15) is 0 Å². The van der Waals surface area contributed by atoms with Gasteiger partial charge in [0.2, 0.25) is 6.29 Å². The van der Waals surface area contributed by atoms with E-state index in [2.05, 4.69) is 23.3 Å². The topological polar surface area (TPSA) is 188 Å². The van der Waals surface area contributed by atoms with Crippen molar-refractivity contribution in [2.75, 3.05) is 39.5 Å². The van der Waals surface area contributed by atoms with Gasteiger partial charge in [-0.15, -0.1) is 0 Å². The highest BCUT2D eigenvalue weighted by atomic mass is 16.7. The largest absolute Gasteiger partial charge is 0.462 e. The van der Waals surface area contributed by atoms with E-state index in [9.17, 15) is 40.9 Å². The summed E-state index contributed by atoms with van der Waals surface area (Å²) in [4.78, 5) is 2.68. The van der Waals surface area contributed by atoms with Crippen molar-refractivity contribution in [2.24, 2.45) is 35.5 Å². The number of aliphatic hydroxyl groups is 8. The molecule has 2 saturated carbocycles. The molecule has 8 N–H and O–H groups in total. The second-order valence-electron chi connectivity index (χ2n) is 15.3. The summed E-state index contributed by atoms with van der Waals surface area (Å²) in [6, 6.07) is 5.75. The molecule has 0 spiro atoms. The number of benzene rings is 1. The van der Waals surface area contributed by atoms with Crippen molar-refractivity contribution >= 4 is 10.9 Å². The van der Waals surface area contributed by atoms with Crippen molar-refractivity contribution in [1.29, 1.82) is 0 Å². The molecule has 5 heterocycles. The van der Waals surface area contributed by atoms with Crippen molar-refractivity contribution in [3.8, 4) is 5.75 Å². The summed E-state index contributed by atoms with van der Waals surface area (Å²) >= 11 is 0. The highest BCUT2D eigenvalue weighted by Crippen LogP contribution is 2.56. The molecule has 16 unspecified atom stereocenters. The Balaban J connectivity index is 1.35. The third-order valence-electron chi connectivity index (χ3n) is 13.1. The van der Waals surface area contributed by atoms with Crippen molar-refractivity contribution in [3.05, 3.63) is 29.5 Å². The van der Waals surface area contributed by atoms with Crippen LogP contribution in [0.4, 0.5) is 0 Å². The van der Waals surface area contributed by atoms with Crippen molar-refractivity contribution in [1.82, 2.24) is 9.47 Å². The lowest BCUT2D eigenvalue weighted by atomic mass is 9.60. The first-order chi connectivity index (χ1) is 23.1. The number of nitrogens with zero attached hydrogens (tertiary/aromatic N) is 2. The lowest BCUT2D eigenvalue weighted by Gasteiger charge is -2.57. The smallest absolute Gasteiger partial charge is 0.228 e. The van der Waals surface area contributed by atoms with E-state index in [1.807, 2.05) is 12.1 Å². The first-order valence-corrected chi connectivity index (χ1v) is 18.0. The molecule has 6 aliphatic rings. The van der Waals surface area contributed by atoms with Gasteiger partial charge in [-0.1, -0.05) is 20.3 Å². The van der Waals surface area contributed by atoms with Gasteiger partial charge in [-0.3, -0.25) is 4.90 Å². The number of ether oxygens (including phenoxy) is 2. The molecule has 268 valence electrons. The molecule has 8 rings (SSSR count). The van der Waals surface area contributed by atoms with Crippen LogP contribution in [0, 0.1) is 35.5 Å². The minimum atomic E-state index is -1.57. The van der Waals surface area contributed by atoms with Gasteiger partial charge in [0.1, 0.15) is 18.0 Å². The fraction of sp³-hybridized carbons (Fsp3) is 0.778. The quantitative estimate of drug-likeness (QED) is 0.193. The lowest BCUT2D eigenvalue weighted by Crippen LogP contribution is -2.60. The van der Waals surface area contributed by atoms with Crippen LogP contribution in [-0.2, 0) is 11.2 Å². The van der Waals surface area contributed by atoms with Crippen LogP contribution >= 0.6 is 0 Å². The maximum absolute atomic E-state index is 11.4. The Morgan fingerprint density at radius 1 is 0.896 bits per heavy atom. The summed E-state index contributed by atoms with van der Waals surface area (Å²) in [5.41, 5.74) is 3.37. The number of hydrogen-bond acceptors (Lipinski definition) is 11. The maximum Gasteiger partial charge on any atom is 0.228 e. The van der Waals surface area contributed by atoms with E-state index in [4.69, 9.17) is 9.47 Å². The maximum atomic E-state index is 11.4. The fourth-order valence-corrected chi connectivity index (χ4v) is 10.5. The van der Waals surface area contributed by atoms with Gasteiger partial charge < -0.3 is 54.9 Å². The molecular weight excluding hydrogens is 620 g/mol. The van der Waals surface area contributed by atoms with E-state index in [0.717, 1.165) is 43.3 Å². The van der Waals surface area contributed by atoms with Crippen LogP contribution < -0.4 is 4.74 Å². The van der Waals surface area contributed by atoms with Gasteiger partial charge in [0, 0.05) is 66.1 Å². The first-order valence-electron chi connectivity index (χ1n) is 18.0. The highest BCUT2D eigenvalue weighted by molar-refractivity contribution is 5.88. The predicted molar refractivity (Wildman–Crippen MR) is 175 cm³/mol. The summed E-state index contributed by atoms with van der Waals surface area (Å²) in [7, 11) is 0. The molecule has 2 aliphatic carbocycles. The lowest BCUT2D eigenvalue weighted by molar-refractivity contribution is -0.167. The first kappa shape index (κ1) is 34.6. The van der Waals surface area contributed by atoms with E-state index >= 15 is 0 Å². The number of fused-ring (bicyclic) bond motifs is 4. The summed E-state index contributed by atoms with van der Waals surface area (Å²) in [6.45, 7) is 5.78. The Labute approximate surface area is 281 Å². The Morgan fingerprint density at radius 3 is 2.38 bits per heavy atom. The molecular formula is C36H54N2O10. The van der Waals surface area contributed by atoms with Crippen LogP contribution in [0.2, 0.25) is 0 Å². The second-order valence-corrected chi connectivity index (χ2v) is 15.3. The van der Waals surface area contributed by atoms with Gasteiger partial charge in [0.25, 0.3) is 0 Å². The number of hydrogen-bond donors (Lipinski definition) is 8. The minimum Gasteiger partial charge on any atom is -0.462 e. The van der Waals surface area contributed by atoms with Crippen molar-refractivity contribution in [2.45, 2.75) is 101 Å². The van der Waals surface area contributed by atoms with E-state index < -0.39 is 55.3 Å². The molecule has 2 aromatic rings. The van der Waals surface area contributed by atoms with Gasteiger partial charge in [0.05, 0.1) is 38.1 Å². The number of aromatic nitrogens is 1. The van der Waals surface area contributed by atoms with Crippen LogP contribution in [0.25, 0.3) is 10.9 Å². The highest BCUT2D eigenvalue weighted by Gasteiger charge is 2.54. The SMILES string of the molecule is CCC1C(C)C2CC3c4c(c5cc(OC6OCC(CO)C(O)C(O)C6O)ccc5n4C4CC(CCO)C(O)C(O)C4CO)CCN(C2)C31. The summed E-state index contributed by atoms with van der Waals surface area (Å²) in [5.74, 6) is 0.699. The average Bonchev–Trinajstić information content (AvgIpc) is 3.31. The van der Waals surface area contributed by atoms with Crippen LogP contribution in [0.15, 0.2) is 18.2 Å². The molecule has 12 nitrogen and oxygen atoms in total. The third-order valence-corrected chi connectivity index (χ3v) is 13.1. The molecule has 4 bridgehead atoms. The van der Waals surface area contributed by atoms with Crippen molar-refractivity contribution in [3.63, 3.8) is 0 Å². The zero-order valence-electron chi connectivity index (χ0n) is 28.0. The van der Waals surface area contributed by atoms with Crippen LogP contribution in [0.1, 0.15) is 62.7 Å². The summed E-state index contributed by atoms with van der Waals surface area (Å²) < 4.78 is 14.3. The van der Waals surface area contributed by atoms with Crippen LogP contribution in [0.5, 0.6) is 5.75 Å². The average molecular weight is 675 g/mol. The standard InChI is InChI=1S/C36H54N2O10/c1-3-22-17(2)19-10-25-29(22)37(13-19)8-6-23-24-12-21(48-36-35(46)34(45)32(43)20(14-40)16-47-36)4-5-27(24)38(30(23)25)28-11-18(7-9-39)31(42)33(44)26(28)15-41/h4-5,12,17-20,22,25-26,28-29,31-36,39-46H,3,6-11,13-16H2,1-2H3. The van der Waals surface area contributed by atoms with Crippen molar-refractivity contribution < 1.29 is 50.3 Å². The van der Waals surface area contributed by atoms with E-state index in [-0.39, 0.29) is 37.7 Å². The van der Waals surface area contributed by atoms with Gasteiger partial charge in [-0.25, -0.2) is 0 Å². The zero-order valence-corrected chi connectivity index (χ0v) is 28.0. The third kappa shape index (κ3) is 5.51. The fourth-order valence-electron chi connectivity index (χ4n) is 10.5. The predicted octanol–water partition coefficient (Wildman–Crippen LogP) is 0.347. The van der Waals surface area contributed by atoms with Gasteiger partial charge >= 0.3 is 0 Å². The summed E-state index contributed by atoms with van der Waals surface area (Å²) in [5, 5.41) is 85.4. The molecule has 1 aromatic carbocycles. The Hall–Kier alpha value is -1.84. The number of piperidine rings is 2. The van der Waals surface area contributed by atoms with E-state index in [0.29, 0.717) is 42.4 Å².